The Labute approximate surface area is 240 Å². The summed E-state index contributed by atoms with van der Waals surface area (Å²) >= 11 is 12.2. The third kappa shape index (κ3) is 4.09. The average Bonchev–Trinajstić information content (AvgIpc) is 3.75. The summed E-state index contributed by atoms with van der Waals surface area (Å²) in [5.74, 6) is -1.06. The number of fused-ring (bicyclic) bond motifs is 10. The number of aliphatic hydroxyl groups excluding tert-OH is 1. The molecule has 41 heavy (non-hydrogen) atoms. The van der Waals surface area contributed by atoms with Crippen molar-refractivity contribution < 1.29 is 15.0 Å². The lowest BCUT2D eigenvalue weighted by Crippen LogP contribution is -2.05. The zero-order valence-corrected chi connectivity index (χ0v) is 22.4. The first-order valence-corrected chi connectivity index (χ1v) is 13.0. The number of aromatic carboxylic acids is 1. The number of halogens is 2. The number of carbonyl (C=O) groups is 1. The minimum Gasteiger partial charge on any atom is -0.476 e. The first-order chi connectivity index (χ1) is 19.9. The Hall–Kier alpha value is -4.85. The summed E-state index contributed by atoms with van der Waals surface area (Å²) in [5.41, 5.74) is 7.21. The van der Waals surface area contributed by atoms with Gasteiger partial charge in [-0.3, -0.25) is 4.57 Å². The van der Waals surface area contributed by atoms with E-state index in [1.165, 1.54) is 6.33 Å². The molecule has 0 amide bonds. The van der Waals surface area contributed by atoms with E-state index in [4.69, 9.17) is 23.2 Å². The fourth-order valence-corrected chi connectivity index (χ4v) is 5.44. The molecule has 204 valence electrons. The summed E-state index contributed by atoms with van der Waals surface area (Å²) in [4.78, 5) is 19.6. The predicted octanol–water partition coefficient (Wildman–Crippen LogP) is 3.21. The van der Waals surface area contributed by atoms with Crippen molar-refractivity contribution in [3.8, 4) is 22.7 Å². The van der Waals surface area contributed by atoms with Crippen LogP contribution in [0.25, 0.3) is 22.7 Å². The van der Waals surface area contributed by atoms with Gasteiger partial charge in [0.15, 0.2) is 5.69 Å². The van der Waals surface area contributed by atoms with Gasteiger partial charge in [-0.15, -0.1) is 10.2 Å². The number of rotatable bonds is 2. The Morgan fingerprint density at radius 2 is 1.32 bits per heavy atom. The fraction of sp³-hybridized carbons (Fsp3) is 0.115. The minimum atomic E-state index is -1.06. The molecule has 4 aromatic heterocycles. The summed E-state index contributed by atoms with van der Waals surface area (Å²) in [6.07, 6.45) is 7.53. The molecule has 2 N–H and O–H groups in total. The molecule has 0 spiro atoms. The molecular formula is C26H18Cl2N10O3. The zero-order valence-electron chi connectivity index (χ0n) is 20.9. The highest BCUT2D eigenvalue weighted by Crippen LogP contribution is 2.31. The van der Waals surface area contributed by atoms with Crippen LogP contribution in [-0.4, -0.2) is 65.3 Å². The van der Waals surface area contributed by atoms with Gasteiger partial charge in [0.1, 0.15) is 6.33 Å². The number of benzene rings is 2. The van der Waals surface area contributed by atoms with Gasteiger partial charge in [-0.05, 0) is 36.4 Å². The van der Waals surface area contributed by atoms with Crippen molar-refractivity contribution in [1.82, 2.24) is 49.1 Å². The quantitative estimate of drug-likeness (QED) is 0.309. The maximum absolute atomic E-state index is 11.3. The van der Waals surface area contributed by atoms with Crippen molar-refractivity contribution in [3.63, 3.8) is 0 Å². The van der Waals surface area contributed by atoms with E-state index in [9.17, 15) is 15.0 Å². The van der Waals surface area contributed by atoms with Crippen molar-refractivity contribution in [3.05, 3.63) is 106 Å². The van der Waals surface area contributed by atoms with E-state index in [1.807, 2.05) is 28.8 Å². The molecular weight excluding hydrogens is 571 g/mol. The Kier molecular flexibility index (Phi) is 5.92. The van der Waals surface area contributed by atoms with Gasteiger partial charge >= 0.3 is 5.97 Å². The molecule has 13 nitrogen and oxygen atoms in total. The molecule has 8 rings (SSSR count). The van der Waals surface area contributed by atoms with Crippen LogP contribution in [0.4, 0.5) is 0 Å². The molecule has 0 radical (unpaired) electrons. The van der Waals surface area contributed by atoms with Crippen LogP contribution in [0.15, 0.2) is 61.4 Å². The number of nitrogens with zero attached hydrogens (tertiary/aromatic N) is 10. The van der Waals surface area contributed by atoms with Crippen molar-refractivity contribution in [2.24, 2.45) is 0 Å². The van der Waals surface area contributed by atoms with Crippen LogP contribution in [0.1, 0.15) is 39.0 Å². The molecule has 0 bridgehead atoms. The van der Waals surface area contributed by atoms with Crippen LogP contribution in [0.3, 0.4) is 0 Å². The molecule has 2 aliphatic heterocycles. The predicted molar refractivity (Wildman–Crippen MR) is 145 cm³/mol. The molecule has 0 aliphatic carbocycles. The maximum Gasteiger partial charge on any atom is 0.356 e. The average molecular weight is 589 g/mol. The summed E-state index contributed by atoms with van der Waals surface area (Å²) in [5, 5.41) is 36.0. The first kappa shape index (κ1) is 25.1. The Balaban J connectivity index is 0.000000135. The monoisotopic (exact) mass is 588 g/mol. The van der Waals surface area contributed by atoms with Crippen molar-refractivity contribution in [1.29, 1.82) is 0 Å². The minimum absolute atomic E-state index is 0.0329. The Bertz CT molecular complexity index is 1970. The first-order valence-electron chi connectivity index (χ1n) is 12.3. The van der Waals surface area contributed by atoms with Gasteiger partial charge in [0.05, 0.1) is 76.5 Å². The maximum atomic E-state index is 11.3. The van der Waals surface area contributed by atoms with Crippen LogP contribution in [0.2, 0.25) is 10.0 Å². The zero-order chi connectivity index (χ0) is 28.2. The topological polar surface area (TPSA) is 155 Å². The molecule has 6 heterocycles. The molecule has 2 aliphatic rings. The number of carboxylic acids is 1. The van der Waals surface area contributed by atoms with Crippen molar-refractivity contribution in [2.75, 3.05) is 0 Å². The molecule has 0 atom stereocenters. The van der Waals surface area contributed by atoms with Crippen LogP contribution in [0, 0.1) is 0 Å². The number of aromatic nitrogens is 10. The van der Waals surface area contributed by atoms with E-state index in [0.29, 0.717) is 34.3 Å². The number of imidazole rings is 2. The fourth-order valence-electron chi connectivity index (χ4n) is 5.11. The summed E-state index contributed by atoms with van der Waals surface area (Å²) < 4.78 is 7.16. The van der Waals surface area contributed by atoms with E-state index >= 15 is 0 Å². The van der Waals surface area contributed by atoms with Gasteiger partial charge in [0, 0.05) is 22.9 Å². The number of carboxylic acid groups (broad SMARTS) is 1. The molecule has 0 fully saturated rings. The van der Waals surface area contributed by atoms with Crippen LogP contribution in [-0.2, 0) is 19.4 Å². The number of hydrogen-bond acceptors (Lipinski definition) is 8. The largest absolute Gasteiger partial charge is 0.476 e. The van der Waals surface area contributed by atoms with Gasteiger partial charge in [0.2, 0.25) is 0 Å². The van der Waals surface area contributed by atoms with E-state index in [-0.39, 0.29) is 12.3 Å². The van der Waals surface area contributed by atoms with E-state index in [2.05, 4.69) is 30.6 Å². The van der Waals surface area contributed by atoms with Crippen LogP contribution >= 0.6 is 23.2 Å². The van der Waals surface area contributed by atoms with E-state index in [1.54, 1.807) is 44.8 Å². The third-order valence-electron chi connectivity index (χ3n) is 6.96. The summed E-state index contributed by atoms with van der Waals surface area (Å²) in [6, 6.07) is 10.9. The molecule has 6 aromatic rings. The van der Waals surface area contributed by atoms with Gasteiger partial charge in [-0.25, -0.2) is 24.1 Å². The second kappa shape index (κ2) is 9.66. The molecule has 0 unspecified atom stereocenters. The van der Waals surface area contributed by atoms with Crippen LogP contribution < -0.4 is 0 Å². The molecule has 2 aromatic carbocycles. The summed E-state index contributed by atoms with van der Waals surface area (Å²) in [7, 11) is 0. The second-order valence-corrected chi connectivity index (χ2v) is 10.1. The highest BCUT2D eigenvalue weighted by molar-refractivity contribution is 6.31. The third-order valence-corrected chi connectivity index (χ3v) is 7.43. The normalized spacial score (nSPS) is 12.4. The molecule has 15 heteroatoms. The molecule has 0 saturated heterocycles. The Morgan fingerprint density at radius 1 is 0.780 bits per heavy atom. The lowest BCUT2D eigenvalue weighted by Gasteiger charge is -2.09. The van der Waals surface area contributed by atoms with Gasteiger partial charge in [-0.1, -0.05) is 33.6 Å². The smallest absolute Gasteiger partial charge is 0.356 e. The Morgan fingerprint density at radius 3 is 1.88 bits per heavy atom. The standard InChI is InChI=1S/C13H8ClN5O2.C13H10ClN5O/c14-7-1-2-9-10(3-7)19-8(5-16-17-19)4-11-12(13(20)21)15-6-18(9)11;14-8-1-2-11-13(3-8)19-9(5-16-17-19)4-12-10(6-20)15-7-18(11)12/h1-3,5-6H,4H2,(H,20,21);1-3,5,7,20H,4,6H2. The van der Waals surface area contributed by atoms with Crippen molar-refractivity contribution >= 4 is 29.2 Å². The van der Waals surface area contributed by atoms with Gasteiger partial charge in [0.25, 0.3) is 0 Å². The second-order valence-electron chi connectivity index (χ2n) is 9.28. The lowest BCUT2D eigenvalue weighted by molar-refractivity contribution is 0.0690. The lowest BCUT2D eigenvalue weighted by atomic mass is 10.2. The highest BCUT2D eigenvalue weighted by Gasteiger charge is 2.26. The van der Waals surface area contributed by atoms with Crippen LogP contribution in [0.5, 0.6) is 0 Å². The van der Waals surface area contributed by atoms with E-state index in [0.717, 1.165) is 39.8 Å². The van der Waals surface area contributed by atoms with Gasteiger partial charge in [-0.2, -0.15) is 0 Å². The van der Waals surface area contributed by atoms with E-state index < -0.39 is 5.97 Å². The number of hydrogen-bond donors (Lipinski definition) is 2. The van der Waals surface area contributed by atoms with Crippen molar-refractivity contribution in [2.45, 2.75) is 19.4 Å². The number of aliphatic hydroxyl groups is 1. The van der Waals surface area contributed by atoms with Gasteiger partial charge < -0.3 is 14.8 Å². The SMILES string of the molecule is O=C(O)c1ncn2c1Cc1cnnn1-c1cc(Cl)ccc1-2.OCc1ncn2c1Cc1cnnn1-c1cc(Cl)ccc1-2. The highest BCUT2D eigenvalue weighted by atomic mass is 35.5. The summed E-state index contributed by atoms with van der Waals surface area (Å²) in [6.45, 7) is -0.0905. The molecule has 0 saturated carbocycles.